The van der Waals surface area contributed by atoms with Gasteiger partial charge in [0, 0.05) is 38.2 Å². The van der Waals surface area contributed by atoms with Crippen molar-refractivity contribution in [2.45, 2.75) is 123 Å². The van der Waals surface area contributed by atoms with Crippen LogP contribution in [0.1, 0.15) is 87.0 Å². The molecule has 5 fully saturated rings. The number of epoxide rings is 1. The average Bonchev–Trinajstić information content (AvgIpc) is 3.47. The van der Waals surface area contributed by atoms with E-state index < -0.39 is 35.2 Å². The number of hydrogen-bond acceptors (Lipinski definition) is 10. The minimum absolute atomic E-state index is 0.00707. The van der Waals surface area contributed by atoms with Crippen molar-refractivity contribution < 1.29 is 47.5 Å². The van der Waals surface area contributed by atoms with Gasteiger partial charge in [0.1, 0.15) is 24.4 Å². The number of carbonyl (C=O) groups is 3. The second-order valence-electron chi connectivity index (χ2n) is 13.2. The smallest absolute Gasteiger partial charge is 0.309 e. The largest absolute Gasteiger partial charge is 0.465 e. The predicted molar refractivity (Wildman–Crippen MR) is 145 cm³/mol. The lowest BCUT2D eigenvalue weighted by molar-refractivity contribution is -0.278. The summed E-state index contributed by atoms with van der Waals surface area (Å²) in [5, 5.41) is 0. The van der Waals surface area contributed by atoms with Crippen LogP contribution in [-0.2, 0) is 47.5 Å². The SMILES string of the molecule is CCO[C@@H]1C[C@@H]2C[C@@H]([C@@]3(C)[C@H](C)C[C@H](OC(C)=O)[C@]4(COC(C)=O)[C@@H]3CC[C@H](OC(=O)C(C)CC)[C@]43CO3)O[C@@H]2O1. The van der Waals surface area contributed by atoms with Gasteiger partial charge in [-0.15, -0.1) is 0 Å². The average molecular weight is 581 g/mol. The van der Waals surface area contributed by atoms with Crippen LogP contribution in [-0.4, -0.2) is 74.2 Å². The molecule has 3 saturated heterocycles. The van der Waals surface area contributed by atoms with Crippen molar-refractivity contribution in [1.29, 1.82) is 0 Å². The third kappa shape index (κ3) is 5.00. The minimum Gasteiger partial charge on any atom is -0.465 e. The molecule has 5 aliphatic rings. The summed E-state index contributed by atoms with van der Waals surface area (Å²) in [5.74, 6) is -1.09. The highest BCUT2D eigenvalue weighted by atomic mass is 16.8. The number of hydrogen-bond donors (Lipinski definition) is 0. The molecule has 1 unspecified atom stereocenters. The number of fused-ring (bicyclic) bond motifs is 3. The van der Waals surface area contributed by atoms with Gasteiger partial charge in [-0.1, -0.05) is 27.7 Å². The Labute approximate surface area is 243 Å². The molecule has 0 N–H and O–H groups in total. The Morgan fingerprint density at radius 3 is 2.29 bits per heavy atom. The first kappa shape index (κ1) is 30.7. The standard InChI is InChI=1S/C31H48O10/c1-8-17(3)27(34)39-23-11-10-22-29(7,24-13-21-14-26(35-9-2)41-28(21)40-24)18(4)12-25(38-20(6)33)30(22,15-36-19(5)32)31(23)16-37-31/h17-18,21-26,28H,8-16H2,1-7H3/t17?,18-,21+,22-,23+,24+,25+,26+,28-,29+,30+,31-/m1/s1. The summed E-state index contributed by atoms with van der Waals surface area (Å²) in [7, 11) is 0. The summed E-state index contributed by atoms with van der Waals surface area (Å²) in [4.78, 5) is 37.8. The third-order valence-corrected chi connectivity index (χ3v) is 11.2. The first-order valence-corrected chi connectivity index (χ1v) is 15.5. The summed E-state index contributed by atoms with van der Waals surface area (Å²) < 4.78 is 43.0. The Bertz CT molecular complexity index is 997. The molecule has 0 aromatic carbocycles. The highest BCUT2D eigenvalue weighted by Crippen LogP contribution is 2.70. The Hall–Kier alpha value is -1.75. The quantitative estimate of drug-likeness (QED) is 0.223. The summed E-state index contributed by atoms with van der Waals surface area (Å²) in [6.45, 7) is 14.0. The van der Waals surface area contributed by atoms with Crippen molar-refractivity contribution in [3.63, 3.8) is 0 Å². The molecule has 12 atom stereocenters. The topological polar surface area (TPSA) is 119 Å². The number of esters is 3. The zero-order valence-electron chi connectivity index (χ0n) is 25.6. The van der Waals surface area contributed by atoms with Gasteiger partial charge in [0.05, 0.1) is 24.0 Å². The van der Waals surface area contributed by atoms with Crippen LogP contribution < -0.4 is 0 Å². The van der Waals surface area contributed by atoms with Crippen LogP contribution in [0.2, 0.25) is 0 Å². The molecule has 2 saturated carbocycles. The Morgan fingerprint density at radius 1 is 0.976 bits per heavy atom. The molecule has 0 bridgehead atoms. The highest BCUT2D eigenvalue weighted by molar-refractivity contribution is 5.72. The predicted octanol–water partition coefficient (Wildman–Crippen LogP) is 4.16. The maximum Gasteiger partial charge on any atom is 0.309 e. The molecule has 0 aromatic rings. The molecule has 10 nitrogen and oxygen atoms in total. The van der Waals surface area contributed by atoms with Crippen LogP contribution in [0, 0.1) is 34.5 Å². The first-order chi connectivity index (χ1) is 19.4. The minimum atomic E-state index is -0.930. The van der Waals surface area contributed by atoms with Gasteiger partial charge < -0.3 is 33.2 Å². The van der Waals surface area contributed by atoms with E-state index in [0.717, 1.165) is 12.8 Å². The Balaban J connectivity index is 1.54. The second kappa shape index (κ2) is 11.4. The molecule has 0 amide bonds. The maximum atomic E-state index is 13.0. The molecule has 232 valence electrons. The van der Waals surface area contributed by atoms with E-state index in [-0.39, 0.29) is 60.3 Å². The molecule has 1 spiro atoms. The van der Waals surface area contributed by atoms with E-state index in [2.05, 4.69) is 13.8 Å². The first-order valence-electron chi connectivity index (χ1n) is 15.5. The highest BCUT2D eigenvalue weighted by Gasteiger charge is 2.80. The maximum absolute atomic E-state index is 13.0. The molecular formula is C31H48O10. The molecular weight excluding hydrogens is 532 g/mol. The van der Waals surface area contributed by atoms with Crippen molar-refractivity contribution in [1.82, 2.24) is 0 Å². The molecule has 2 aliphatic carbocycles. The van der Waals surface area contributed by atoms with E-state index in [4.69, 9.17) is 33.2 Å². The lowest BCUT2D eigenvalue weighted by Gasteiger charge is -2.64. The molecule has 0 aromatic heterocycles. The van der Waals surface area contributed by atoms with Gasteiger partial charge in [-0.3, -0.25) is 14.4 Å². The van der Waals surface area contributed by atoms with E-state index in [0.29, 0.717) is 38.9 Å². The van der Waals surface area contributed by atoms with Crippen molar-refractivity contribution in [3.05, 3.63) is 0 Å². The van der Waals surface area contributed by atoms with Gasteiger partial charge in [-0.05, 0) is 50.9 Å². The van der Waals surface area contributed by atoms with Crippen LogP contribution >= 0.6 is 0 Å². The van der Waals surface area contributed by atoms with Crippen molar-refractivity contribution in [3.8, 4) is 0 Å². The van der Waals surface area contributed by atoms with E-state index in [1.54, 1.807) is 0 Å². The van der Waals surface area contributed by atoms with E-state index in [1.165, 1.54) is 13.8 Å². The molecule has 5 rings (SSSR count). The lowest BCUT2D eigenvalue weighted by atomic mass is 9.42. The van der Waals surface area contributed by atoms with Gasteiger partial charge >= 0.3 is 17.9 Å². The van der Waals surface area contributed by atoms with Crippen molar-refractivity contribution in [2.75, 3.05) is 19.8 Å². The molecule has 3 aliphatic heterocycles. The van der Waals surface area contributed by atoms with E-state index in [1.807, 2.05) is 20.8 Å². The van der Waals surface area contributed by atoms with Crippen LogP contribution in [0.4, 0.5) is 0 Å². The van der Waals surface area contributed by atoms with Gasteiger partial charge in [0.2, 0.25) is 0 Å². The van der Waals surface area contributed by atoms with Crippen LogP contribution in [0.5, 0.6) is 0 Å². The normalized spacial score (nSPS) is 45.4. The Kier molecular flexibility index (Phi) is 8.53. The van der Waals surface area contributed by atoms with E-state index in [9.17, 15) is 14.4 Å². The van der Waals surface area contributed by atoms with Crippen molar-refractivity contribution >= 4 is 17.9 Å². The summed E-state index contributed by atoms with van der Waals surface area (Å²) in [6, 6.07) is 0. The molecule has 10 heteroatoms. The number of rotatable bonds is 9. The van der Waals surface area contributed by atoms with Gasteiger partial charge in [0.25, 0.3) is 0 Å². The van der Waals surface area contributed by atoms with Gasteiger partial charge in [0.15, 0.2) is 12.6 Å². The zero-order chi connectivity index (χ0) is 29.7. The number of carbonyl (C=O) groups excluding carboxylic acids is 3. The summed E-state index contributed by atoms with van der Waals surface area (Å²) >= 11 is 0. The fourth-order valence-corrected chi connectivity index (χ4v) is 8.65. The monoisotopic (exact) mass is 580 g/mol. The summed E-state index contributed by atoms with van der Waals surface area (Å²) in [6.07, 6.45) is 2.30. The summed E-state index contributed by atoms with van der Waals surface area (Å²) in [5.41, 5.74) is -2.22. The molecule has 0 radical (unpaired) electrons. The third-order valence-electron chi connectivity index (χ3n) is 11.2. The van der Waals surface area contributed by atoms with Crippen LogP contribution in [0.3, 0.4) is 0 Å². The molecule has 3 heterocycles. The van der Waals surface area contributed by atoms with Crippen LogP contribution in [0.25, 0.3) is 0 Å². The lowest BCUT2D eigenvalue weighted by Crippen LogP contribution is -2.72. The fraction of sp³-hybridized carbons (Fsp3) is 0.903. The zero-order valence-corrected chi connectivity index (χ0v) is 25.6. The number of ether oxygens (including phenoxy) is 7. The fourth-order valence-electron chi connectivity index (χ4n) is 8.65. The van der Waals surface area contributed by atoms with Gasteiger partial charge in [-0.2, -0.15) is 0 Å². The van der Waals surface area contributed by atoms with Gasteiger partial charge in [-0.25, -0.2) is 0 Å². The Morgan fingerprint density at radius 2 is 1.71 bits per heavy atom. The molecule has 41 heavy (non-hydrogen) atoms. The second-order valence-corrected chi connectivity index (χ2v) is 13.2. The van der Waals surface area contributed by atoms with E-state index >= 15 is 0 Å². The van der Waals surface area contributed by atoms with Crippen molar-refractivity contribution in [2.24, 2.45) is 34.5 Å². The van der Waals surface area contributed by atoms with Crippen LogP contribution in [0.15, 0.2) is 0 Å².